The van der Waals surface area contributed by atoms with Gasteiger partial charge in [-0.15, -0.1) is 0 Å². The third-order valence-corrected chi connectivity index (χ3v) is 8.44. The zero-order chi connectivity index (χ0) is 23.0. The zero-order valence-corrected chi connectivity index (χ0v) is 20.0. The SMILES string of the molecule is Cc1c(Cl)ccc2sc(=NC(=O)c3ccc(S(=O)(=O)N(C)Cc4ccco4)cc3)n(C)c12. The molecule has 0 N–H and O–H groups in total. The second-order valence-electron chi connectivity index (χ2n) is 7.24. The molecule has 0 atom stereocenters. The topological polar surface area (TPSA) is 84.9 Å². The number of rotatable bonds is 5. The van der Waals surface area contributed by atoms with E-state index in [0.29, 0.717) is 21.1 Å². The first-order valence-corrected chi connectivity index (χ1v) is 12.2. The van der Waals surface area contributed by atoms with Crippen LogP contribution in [0.1, 0.15) is 21.7 Å². The van der Waals surface area contributed by atoms with Crippen LogP contribution in [0.5, 0.6) is 0 Å². The minimum absolute atomic E-state index is 0.0841. The van der Waals surface area contributed by atoms with Gasteiger partial charge in [0.05, 0.1) is 27.9 Å². The lowest BCUT2D eigenvalue weighted by atomic mass is 10.2. The van der Waals surface area contributed by atoms with E-state index < -0.39 is 15.9 Å². The number of aryl methyl sites for hydroxylation is 2. The van der Waals surface area contributed by atoms with Gasteiger partial charge in [0.25, 0.3) is 5.91 Å². The summed E-state index contributed by atoms with van der Waals surface area (Å²) in [7, 11) is -0.426. The molecule has 2 aromatic heterocycles. The van der Waals surface area contributed by atoms with Gasteiger partial charge in [0.15, 0.2) is 4.80 Å². The minimum Gasteiger partial charge on any atom is -0.468 e. The molecule has 0 aliphatic rings. The van der Waals surface area contributed by atoms with Crippen LogP contribution in [-0.2, 0) is 23.6 Å². The van der Waals surface area contributed by atoms with Crippen LogP contribution < -0.4 is 4.80 Å². The number of benzene rings is 2. The van der Waals surface area contributed by atoms with Crippen LogP contribution in [0.2, 0.25) is 5.02 Å². The summed E-state index contributed by atoms with van der Waals surface area (Å²) in [5, 5.41) is 0.651. The number of carbonyl (C=O) groups excluding carboxylic acids is 1. The van der Waals surface area contributed by atoms with E-state index in [1.807, 2.05) is 30.7 Å². The third-order valence-electron chi connectivity index (χ3n) is 5.12. The number of halogens is 1. The first-order chi connectivity index (χ1) is 15.2. The van der Waals surface area contributed by atoms with Crippen molar-refractivity contribution < 1.29 is 17.6 Å². The number of furan rings is 1. The fraction of sp³-hybridized carbons (Fsp3) is 0.182. The highest BCUT2D eigenvalue weighted by Crippen LogP contribution is 2.26. The van der Waals surface area contributed by atoms with Crippen LogP contribution in [0.4, 0.5) is 0 Å². The average Bonchev–Trinajstić information content (AvgIpc) is 3.39. The predicted molar refractivity (Wildman–Crippen MR) is 124 cm³/mol. The lowest BCUT2D eigenvalue weighted by molar-refractivity contribution is 0.0998. The summed E-state index contributed by atoms with van der Waals surface area (Å²) in [6.45, 7) is 2.03. The molecule has 2 heterocycles. The number of carbonyl (C=O) groups is 1. The molecular formula is C22H20ClN3O4S2. The molecule has 4 rings (SSSR count). The van der Waals surface area contributed by atoms with Crippen LogP contribution in [0.15, 0.2) is 69.1 Å². The predicted octanol–water partition coefficient (Wildman–Crippen LogP) is 4.36. The second kappa shape index (κ2) is 8.67. The van der Waals surface area contributed by atoms with Crippen LogP contribution in [0.3, 0.4) is 0 Å². The Kier molecular flexibility index (Phi) is 6.09. The standard InChI is InChI=1S/C22H20ClN3O4S2/c1-14-18(23)10-11-19-20(14)26(3)22(31-19)24-21(27)15-6-8-17(9-7-15)32(28,29)25(2)13-16-5-4-12-30-16/h4-12H,13H2,1-3H3. The van der Waals surface area contributed by atoms with E-state index in [0.717, 1.165) is 15.8 Å². The highest BCUT2D eigenvalue weighted by atomic mass is 35.5. The van der Waals surface area contributed by atoms with Gasteiger partial charge in [-0.05, 0) is 61.0 Å². The van der Waals surface area contributed by atoms with E-state index in [1.54, 1.807) is 12.1 Å². The molecule has 1 amide bonds. The van der Waals surface area contributed by atoms with E-state index in [4.69, 9.17) is 16.0 Å². The van der Waals surface area contributed by atoms with Crippen molar-refractivity contribution in [3.8, 4) is 0 Å². The maximum absolute atomic E-state index is 12.8. The summed E-state index contributed by atoms with van der Waals surface area (Å²) in [5.41, 5.74) is 2.14. The van der Waals surface area contributed by atoms with Gasteiger partial charge >= 0.3 is 0 Å². The van der Waals surface area contributed by atoms with Crippen molar-refractivity contribution in [2.24, 2.45) is 12.0 Å². The van der Waals surface area contributed by atoms with Crippen molar-refractivity contribution in [2.75, 3.05) is 7.05 Å². The number of hydrogen-bond acceptors (Lipinski definition) is 5. The van der Waals surface area contributed by atoms with Crippen molar-refractivity contribution in [2.45, 2.75) is 18.4 Å². The van der Waals surface area contributed by atoms with Gasteiger partial charge in [-0.3, -0.25) is 4.79 Å². The number of thiazole rings is 1. The monoisotopic (exact) mass is 489 g/mol. The molecule has 0 saturated carbocycles. The van der Waals surface area contributed by atoms with Crippen LogP contribution in [0, 0.1) is 6.92 Å². The number of fused-ring (bicyclic) bond motifs is 1. The van der Waals surface area contributed by atoms with E-state index in [1.165, 1.54) is 53.2 Å². The molecule has 166 valence electrons. The van der Waals surface area contributed by atoms with Crippen LogP contribution in [-0.4, -0.2) is 30.2 Å². The van der Waals surface area contributed by atoms with Gasteiger partial charge < -0.3 is 8.98 Å². The highest BCUT2D eigenvalue weighted by Gasteiger charge is 2.22. The third kappa shape index (κ3) is 4.16. The van der Waals surface area contributed by atoms with Crippen molar-refractivity contribution in [3.05, 3.63) is 81.5 Å². The highest BCUT2D eigenvalue weighted by molar-refractivity contribution is 7.89. The van der Waals surface area contributed by atoms with Gasteiger partial charge in [0.1, 0.15) is 5.76 Å². The fourth-order valence-corrected chi connectivity index (χ4v) is 5.68. The summed E-state index contributed by atoms with van der Waals surface area (Å²) in [6, 6.07) is 12.9. The Balaban J connectivity index is 1.61. The maximum Gasteiger partial charge on any atom is 0.279 e. The molecular weight excluding hydrogens is 470 g/mol. The summed E-state index contributed by atoms with van der Waals surface area (Å²) in [4.78, 5) is 17.6. The first kappa shape index (κ1) is 22.5. The Morgan fingerprint density at radius 1 is 1.19 bits per heavy atom. The Labute approximate surface area is 194 Å². The van der Waals surface area contributed by atoms with Gasteiger partial charge in [-0.1, -0.05) is 22.9 Å². The quantitative estimate of drug-likeness (QED) is 0.417. The van der Waals surface area contributed by atoms with Gasteiger partial charge in [-0.2, -0.15) is 9.30 Å². The normalized spacial score (nSPS) is 12.7. The van der Waals surface area contributed by atoms with E-state index in [2.05, 4.69) is 4.99 Å². The number of sulfonamides is 1. The molecule has 0 aliphatic carbocycles. The van der Waals surface area contributed by atoms with Gasteiger partial charge in [-0.25, -0.2) is 8.42 Å². The lowest BCUT2D eigenvalue weighted by Crippen LogP contribution is -2.26. The maximum atomic E-state index is 12.8. The van der Waals surface area contributed by atoms with E-state index in [-0.39, 0.29) is 11.4 Å². The van der Waals surface area contributed by atoms with Gasteiger partial charge in [0.2, 0.25) is 10.0 Å². The van der Waals surface area contributed by atoms with Crippen molar-refractivity contribution in [1.29, 1.82) is 0 Å². The molecule has 0 aliphatic heterocycles. The van der Waals surface area contributed by atoms with Crippen molar-refractivity contribution >= 4 is 49.1 Å². The Morgan fingerprint density at radius 2 is 1.91 bits per heavy atom. The number of aromatic nitrogens is 1. The minimum atomic E-state index is -3.73. The molecule has 0 radical (unpaired) electrons. The summed E-state index contributed by atoms with van der Waals surface area (Å²) < 4.78 is 34.8. The molecule has 0 saturated heterocycles. The van der Waals surface area contributed by atoms with Crippen LogP contribution >= 0.6 is 22.9 Å². The van der Waals surface area contributed by atoms with Crippen LogP contribution in [0.25, 0.3) is 10.2 Å². The van der Waals surface area contributed by atoms with Gasteiger partial charge in [0, 0.05) is 24.7 Å². The average molecular weight is 490 g/mol. The smallest absolute Gasteiger partial charge is 0.279 e. The van der Waals surface area contributed by atoms with Crippen molar-refractivity contribution in [1.82, 2.24) is 8.87 Å². The molecule has 0 bridgehead atoms. The molecule has 32 heavy (non-hydrogen) atoms. The molecule has 0 spiro atoms. The summed E-state index contributed by atoms with van der Waals surface area (Å²) in [6.07, 6.45) is 1.49. The molecule has 4 aromatic rings. The second-order valence-corrected chi connectivity index (χ2v) is 10.7. The van der Waals surface area contributed by atoms with E-state index in [9.17, 15) is 13.2 Å². The molecule has 10 heteroatoms. The number of amides is 1. The molecule has 2 aromatic carbocycles. The Morgan fingerprint density at radius 3 is 2.56 bits per heavy atom. The summed E-state index contributed by atoms with van der Waals surface area (Å²) >= 11 is 7.61. The fourth-order valence-electron chi connectivity index (χ4n) is 3.32. The molecule has 0 unspecified atom stereocenters. The molecule has 7 nitrogen and oxygen atoms in total. The molecule has 0 fully saturated rings. The first-order valence-electron chi connectivity index (χ1n) is 9.61. The number of nitrogens with zero attached hydrogens (tertiary/aromatic N) is 3. The Hall–Kier alpha value is -2.72. The zero-order valence-electron chi connectivity index (χ0n) is 17.6. The number of hydrogen-bond donors (Lipinski definition) is 0. The van der Waals surface area contributed by atoms with Crippen molar-refractivity contribution in [3.63, 3.8) is 0 Å². The largest absolute Gasteiger partial charge is 0.468 e. The Bertz CT molecular complexity index is 1470. The van der Waals surface area contributed by atoms with E-state index >= 15 is 0 Å². The lowest BCUT2D eigenvalue weighted by Gasteiger charge is -2.16. The summed E-state index contributed by atoms with van der Waals surface area (Å²) in [5.74, 6) is 0.0817.